The molecule has 3 rings (SSSR count). The number of carbonyl (C=O) groups excluding carboxylic acids is 1. The predicted molar refractivity (Wildman–Crippen MR) is 82.5 cm³/mol. The van der Waals surface area contributed by atoms with Gasteiger partial charge in [-0.25, -0.2) is 4.79 Å². The van der Waals surface area contributed by atoms with Gasteiger partial charge in [0.25, 0.3) is 5.56 Å². The molecule has 0 aliphatic carbocycles. The monoisotopic (exact) mass is 316 g/mol. The normalized spacial score (nSPS) is 10.8. The second-order valence-electron chi connectivity index (χ2n) is 4.65. The van der Waals surface area contributed by atoms with Crippen molar-refractivity contribution in [2.75, 3.05) is 7.11 Å². The lowest BCUT2D eigenvalue weighted by atomic mass is 10.1. The molecule has 22 heavy (non-hydrogen) atoms. The molecule has 0 fully saturated rings. The molecule has 0 saturated carbocycles. The van der Waals surface area contributed by atoms with Crippen LogP contribution in [0.5, 0.6) is 0 Å². The molecule has 0 amide bonds. The summed E-state index contributed by atoms with van der Waals surface area (Å²) in [6, 6.07) is 8.19. The van der Waals surface area contributed by atoms with Gasteiger partial charge in [-0.15, -0.1) is 0 Å². The number of ether oxygens (including phenoxy) is 1. The third-order valence-electron chi connectivity index (χ3n) is 3.30. The lowest BCUT2D eigenvalue weighted by Crippen LogP contribution is -2.22. The third kappa shape index (κ3) is 2.46. The highest BCUT2D eigenvalue weighted by Gasteiger charge is 2.11. The van der Waals surface area contributed by atoms with Crippen LogP contribution in [-0.2, 0) is 11.3 Å². The standard InChI is InChI=1S/C15H12N2O4S/c1-20-14(19)9-4-5-11-12(7-9)16-15(22)17(13(11)18)8-10-3-2-6-21-10/h2-7H,8H2,1H3,(H,16,22). The molecule has 0 unspecified atom stereocenters. The maximum Gasteiger partial charge on any atom is 0.337 e. The molecule has 1 N–H and O–H groups in total. The van der Waals surface area contributed by atoms with Crippen molar-refractivity contribution >= 4 is 29.1 Å². The zero-order valence-corrected chi connectivity index (χ0v) is 12.5. The first-order chi connectivity index (χ1) is 10.6. The molecular weight excluding hydrogens is 304 g/mol. The Hall–Kier alpha value is -2.67. The maximum atomic E-state index is 12.5. The minimum atomic E-state index is -0.471. The number of hydrogen-bond donors (Lipinski definition) is 1. The van der Waals surface area contributed by atoms with Crippen LogP contribution in [0.2, 0.25) is 0 Å². The molecule has 0 spiro atoms. The summed E-state index contributed by atoms with van der Waals surface area (Å²) in [5, 5.41) is 0.438. The van der Waals surface area contributed by atoms with Crippen molar-refractivity contribution in [2.45, 2.75) is 6.54 Å². The molecule has 1 aromatic carbocycles. The fourth-order valence-electron chi connectivity index (χ4n) is 2.20. The highest BCUT2D eigenvalue weighted by Crippen LogP contribution is 2.12. The number of benzene rings is 1. The van der Waals surface area contributed by atoms with E-state index in [1.165, 1.54) is 17.9 Å². The summed E-state index contributed by atoms with van der Waals surface area (Å²) in [5.41, 5.74) is 0.601. The van der Waals surface area contributed by atoms with Crippen LogP contribution in [0.4, 0.5) is 0 Å². The van der Waals surface area contributed by atoms with Crippen molar-refractivity contribution < 1.29 is 13.9 Å². The first-order valence-corrected chi connectivity index (χ1v) is 6.88. The fourth-order valence-corrected chi connectivity index (χ4v) is 2.46. The van der Waals surface area contributed by atoms with Gasteiger partial charge in [0.05, 0.1) is 36.4 Å². The van der Waals surface area contributed by atoms with Gasteiger partial charge < -0.3 is 14.1 Å². The first-order valence-electron chi connectivity index (χ1n) is 6.47. The molecule has 2 heterocycles. The molecule has 3 aromatic rings. The lowest BCUT2D eigenvalue weighted by Gasteiger charge is -2.07. The second-order valence-corrected chi connectivity index (χ2v) is 5.04. The Morgan fingerprint density at radius 3 is 2.91 bits per heavy atom. The smallest absolute Gasteiger partial charge is 0.337 e. The molecule has 7 heteroatoms. The van der Waals surface area contributed by atoms with Crippen LogP contribution in [0.1, 0.15) is 16.1 Å². The molecule has 0 atom stereocenters. The summed E-state index contributed by atoms with van der Waals surface area (Å²) in [6.45, 7) is 0.246. The Labute approximate surface area is 130 Å². The number of nitrogens with one attached hydrogen (secondary N) is 1. The van der Waals surface area contributed by atoms with Crippen LogP contribution in [0.15, 0.2) is 45.8 Å². The molecule has 112 valence electrons. The molecule has 2 aromatic heterocycles. The summed E-state index contributed by atoms with van der Waals surface area (Å²) < 4.78 is 11.6. The number of furan rings is 1. The van der Waals surface area contributed by atoms with E-state index in [-0.39, 0.29) is 16.9 Å². The number of methoxy groups -OCH3 is 1. The van der Waals surface area contributed by atoms with E-state index in [9.17, 15) is 9.59 Å². The van der Waals surface area contributed by atoms with Gasteiger partial charge in [-0.05, 0) is 42.5 Å². The molecule has 6 nitrogen and oxygen atoms in total. The van der Waals surface area contributed by atoms with E-state index in [4.69, 9.17) is 16.6 Å². The van der Waals surface area contributed by atoms with Crippen LogP contribution in [0, 0.1) is 4.77 Å². The van der Waals surface area contributed by atoms with E-state index in [2.05, 4.69) is 9.72 Å². The van der Waals surface area contributed by atoms with E-state index >= 15 is 0 Å². The number of nitrogens with zero attached hydrogens (tertiary/aromatic N) is 1. The summed E-state index contributed by atoms with van der Waals surface area (Å²) >= 11 is 5.23. The van der Waals surface area contributed by atoms with Gasteiger partial charge in [0.1, 0.15) is 5.76 Å². The molecule has 0 saturated heterocycles. The van der Waals surface area contributed by atoms with Crippen LogP contribution in [0.3, 0.4) is 0 Å². The van der Waals surface area contributed by atoms with Crippen LogP contribution >= 0.6 is 12.2 Å². The largest absolute Gasteiger partial charge is 0.467 e. The van der Waals surface area contributed by atoms with Crippen molar-refractivity contribution in [2.24, 2.45) is 0 Å². The van der Waals surface area contributed by atoms with Crippen LogP contribution in [-0.4, -0.2) is 22.6 Å². The van der Waals surface area contributed by atoms with Crippen molar-refractivity contribution in [1.29, 1.82) is 0 Å². The topological polar surface area (TPSA) is 77.2 Å². The second kappa shape index (κ2) is 5.61. The highest BCUT2D eigenvalue weighted by molar-refractivity contribution is 7.71. The predicted octanol–water partition coefficient (Wildman–Crippen LogP) is 2.49. The Morgan fingerprint density at radius 2 is 2.23 bits per heavy atom. The number of aromatic nitrogens is 2. The highest BCUT2D eigenvalue weighted by atomic mass is 32.1. The lowest BCUT2D eigenvalue weighted by molar-refractivity contribution is 0.0601. The molecule has 0 aliphatic heterocycles. The number of carbonyl (C=O) groups is 1. The van der Waals surface area contributed by atoms with Gasteiger partial charge in [-0.1, -0.05) is 0 Å². The van der Waals surface area contributed by atoms with Gasteiger partial charge in [-0.2, -0.15) is 0 Å². The average Bonchev–Trinajstić information content (AvgIpc) is 3.03. The SMILES string of the molecule is COC(=O)c1ccc2c(=O)n(Cc3ccco3)c(=S)[nH]c2c1. The number of esters is 1. The van der Waals surface area contributed by atoms with Crippen LogP contribution < -0.4 is 5.56 Å². The van der Waals surface area contributed by atoms with E-state index in [1.807, 2.05) is 0 Å². The Morgan fingerprint density at radius 1 is 1.41 bits per heavy atom. The van der Waals surface area contributed by atoms with Crippen molar-refractivity contribution in [1.82, 2.24) is 9.55 Å². The van der Waals surface area contributed by atoms with Gasteiger partial charge in [0.15, 0.2) is 4.77 Å². The maximum absolute atomic E-state index is 12.5. The zero-order chi connectivity index (χ0) is 15.7. The van der Waals surface area contributed by atoms with Gasteiger partial charge in [-0.3, -0.25) is 9.36 Å². The summed E-state index contributed by atoms with van der Waals surface area (Å²) in [4.78, 5) is 27.1. The Kier molecular flexibility index (Phi) is 3.64. The minimum absolute atomic E-state index is 0.244. The average molecular weight is 316 g/mol. The van der Waals surface area contributed by atoms with Gasteiger partial charge in [0, 0.05) is 0 Å². The Balaban J connectivity index is 2.15. The zero-order valence-electron chi connectivity index (χ0n) is 11.7. The number of rotatable bonds is 3. The molecular formula is C15H12N2O4S. The number of hydrogen-bond acceptors (Lipinski definition) is 5. The summed E-state index contributed by atoms with van der Waals surface area (Å²) in [5.74, 6) is 0.160. The third-order valence-corrected chi connectivity index (χ3v) is 3.62. The van der Waals surface area contributed by atoms with Gasteiger partial charge >= 0.3 is 5.97 Å². The van der Waals surface area contributed by atoms with E-state index in [0.29, 0.717) is 22.2 Å². The van der Waals surface area contributed by atoms with E-state index < -0.39 is 5.97 Å². The first kappa shape index (κ1) is 14.3. The van der Waals surface area contributed by atoms with Crippen molar-refractivity contribution in [3.63, 3.8) is 0 Å². The Bertz CT molecular complexity index is 954. The number of H-pyrrole nitrogens is 1. The van der Waals surface area contributed by atoms with Crippen LogP contribution in [0.25, 0.3) is 10.9 Å². The minimum Gasteiger partial charge on any atom is -0.467 e. The quantitative estimate of drug-likeness (QED) is 0.593. The molecule has 0 aliphatic rings. The van der Waals surface area contributed by atoms with E-state index in [0.717, 1.165) is 0 Å². The van der Waals surface area contributed by atoms with Crippen molar-refractivity contribution in [3.05, 3.63) is 63.0 Å². The number of fused-ring (bicyclic) bond motifs is 1. The summed E-state index contributed by atoms with van der Waals surface area (Å²) in [6.07, 6.45) is 1.54. The molecule has 0 radical (unpaired) electrons. The fraction of sp³-hybridized carbons (Fsp3) is 0.133. The number of aromatic amines is 1. The van der Waals surface area contributed by atoms with Gasteiger partial charge in [0.2, 0.25) is 0 Å². The molecule has 0 bridgehead atoms. The van der Waals surface area contributed by atoms with Crippen molar-refractivity contribution in [3.8, 4) is 0 Å². The summed E-state index contributed by atoms with van der Waals surface area (Å²) in [7, 11) is 1.30. The van der Waals surface area contributed by atoms with E-state index in [1.54, 1.807) is 30.3 Å².